The number of ether oxygens (including phenoxy) is 2. The van der Waals surface area contributed by atoms with Crippen molar-refractivity contribution in [2.45, 2.75) is 31.8 Å². The second-order valence-electron chi connectivity index (χ2n) is 8.98. The van der Waals surface area contributed by atoms with Gasteiger partial charge in [0.1, 0.15) is 6.61 Å². The topological polar surface area (TPSA) is 88.4 Å². The maximum absolute atomic E-state index is 13.4. The molecule has 0 aromatic heterocycles. The number of alkyl halides is 6. The van der Waals surface area contributed by atoms with Crippen LogP contribution in [-0.4, -0.2) is 47.2 Å². The standard InChI is InChI=1S/C26H22F6N2O5S/c1-38-20-10-14(11-21-22(35)33-24(40-21)34-8-6-15(7-9-34)23(36)37)2-5-19(20)39-13-16-3-4-17(25(27,28)29)12-18(16)26(30,31)32/h2-5,10-12,15H,6-9,13H2,1H3,(H,36,37)/b21-11+. The van der Waals surface area contributed by atoms with E-state index in [1.165, 1.54) is 25.3 Å². The Morgan fingerprint density at radius 2 is 1.77 bits per heavy atom. The summed E-state index contributed by atoms with van der Waals surface area (Å²) in [5.41, 5.74) is -2.86. The number of aliphatic imine (C=N–C) groups is 1. The molecule has 214 valence electrons. The zero-order chi connectivity index (χ0) is 29.2. The smallest absolute Gasteiger partial charge is 0.416 e. The summed E-state index contributed by atoms with van der Waals surface area (Å²) in [6.45, 7) is 0.240. The van der Waals surface area contributed by atoms with Gasteiger partial charge < -0.3 is 19.5 Å². The number of likely N-dealkylation sites (tertiary alicyclic amines) is 1. The van der Waals surface area contributed by atoms with E-state index in [2.05, 4.69) is 4.99 Å². The van der Waals surface area contributed by atoms with Crippen LogP contribution in [0, 0.1) is 5.92 Å². The molecule has 0 radical (unpaired) electrons. The fraction of sp³-hybridized carbons (Fsp3) is 0.346. The van der Waals surface area contributed by atoms with Crippen molar-refractivity contribution in [1.29, 1.82) is 0 Å². The van der Waals surface area contributed by atoms with Crippen molar-refractivity contribution in [2.75, 3.05) is 20.2 Å². The van der Waals surface area contributed by atoms with Gasteiger partial charge >= 0.3 is 18.3 Å². The van der Waals surface area contributed by atoms with E-state index in [9.17, 15) is 35.9 Å². The molecule has 1 N–H and O–H groups in total. The van der Waals surface area contributed by atoms with Crippen molar-refractivity contribution in [2.24, 2.45) is 10.9 Å². The lowest BCUT2D eigenvalue weighted by atomic mass is 9.98. The van der Waals surface area contributed by atoms with Gasteiger partial charge in [0.2, 0.25) is 0 Å². The van der Waals surface area contributed by atoms with Crippen molar-refractivity contribution < 1.29 is 50.5 Å². The fourth-order valence-corrected chi connectivity index (χ4v) is 5.16. The number of methoxy groups -OCH3 is 1. The maximum Gasteiger partial charge on any atom is 0.416 e. The molecule has 2 aromatic rings. The Hall–Kier alpha value is -3.68. The number of rotatable bonds is 6. The van der Waals surface area contributed by atoms with Gasteiger partial charge in [-0.05, 0) is 60.5 Å². The number of carbonyl (C=O) groups excluding carboxylic acids is 1. The quantitative estimate of drug-likeness (QED) is 0.323. The normalized spacial score (nSPS) is 17.8. The first kappa shape index (κ1) is 29.3. The summed E-state index contributed by atoms with van der Waals surface area (Å²) in [5, 5.41) is 9.63. The van der Waals surface area contributed by atoms with Crippen molar-refractivity contribution in [3.8, 4) is 11.5 Å². The minimum absolute atomic E-state index is 0.0429. The number of halogens is 6. The van der Waals surface area contributed by atoms with Gasteiger partial charge in [0, 0.05) is 18.7 Å². The number of carboxylic acids is 1. The molecule has 4 rings (SSSR count). The van der Waals surface area contributed by atoms with Crippen molar-refractivity contribution in [3.63, 3.8) is 0 Å². The minimum Gasteiger partial charge on any atom is -0.493 e. The molecule has 0 aliphatic carbocycles. The van der Waals surface area contributed by atoms with E-state index in [1.807, 2.05) is 4.90 Å². The van der Waals surface area contributed by atoms with Crippen molar-refractivity contribution in [3.05, 3.63) is 63.6 Å². The van der Waals surface area contributed by atoms with Gasteiger partial charge in [0.05, 0.1) is 29.1 Å². The summed E-state index contributed by atoms with van der Waals surface area (Å²) in [5.74, 6) is -1.58. The number of aliphatic carboxylic acids is 1. The first-order chi connectivity index (χ1) is 18.8. The van der Waals surface area contributed by atoms with Crippen LogP contribution in [0.25, 0.3) is 6.08 Å². The van der Waals surface area contributed by atoms with E-state index in [-0.39, 0.29) is 17.6 Å². The SMILES string of the molecule is COc1cc(/C=C2/SC(N3CCC(C(=O)O)CC3)=NC2=O)ccc1OCc1ccc(C(F)(F)F)cc1C(F)(F)F. The van der Waals surface area contributed by atoms with Gasteiger partial charge in [-0.15, -0.1) is 0 Å². The highest BCUT2D eigenvalue weighted by Crippen LogP contribution is 2.39. The molecule has 2 heterocycles. The van der Waals surface area contributed by atoms with Crippen LogP contribution in [0.4, 0.5) is 26.3 Å². The van der Waals surface area contributed by atoms with Gasteiger partial charge in [0.25, 0.3) is 5.91 Å². The molecule has 2 aromatic carbocycles. The van der Waals surface area contributed by atoms with Crippen LogP contribution in [0.3, 0.4) is 0 Å². The van der Waals surface area contributed by atoms with Crippen LogP contribution < -0.4 is 9.47 Å². The Morgan fingerprint density at radius 1 is 1.07 bits per heavy atom. The first-order valence-electron chi connectivity index (χ1n) is 11.8. The number of nitrogens with zero attached hydrogens (tertiary/aromatic N) is 2. The Bertz CT molecular complexity index is 1360. The third-order valence-electron chi connectivity index (χ3n) is 6.34. The molecule has 14 heteroatoms. The number of piperidine rings is 1. The van der Waals surface area contributed by atoms with E-state index in [4.69, 9.17) is 14.6 Å². The molecule has 7 nitrogen and oxygen atoms in total. The maximum atomic E-state index is 13.4. The lowest BCUT2D eigenvalue weighted by Gasteiger charge is -2.30. The van der Waals surface area contributed by atoms with Crippen LogP contribution in [0.2, 0.25) is 0 Å². The molecule has 0 unspecified atom stereocenters. The Morgan fingerprint density at radius 3 is 2.38 bits per heavy atom. The largest absolute Gasteiger partial charge is 0.493 e. The number of benzene rings is 2. The lowest BCUT2D eigenvalue weighted by Crippen LogP contribution is -2.38. The molecule has 1 saturated heterocycles. The summed E-state index contributed by atoms with van der Waals surface area (Å²) in [6, 6.07) is 5.76. The number of amides is 1. The van der Waals surface area contributed by atoms with Crippen LogP contribution >= 0.6 is 11.8 Å². The first-order valence-corrected chi connectivity index (χ1v) is 12.7. The molecule has 1 fully saturated rings. The van der Waals surface area contributed by atoms with E-state index in [1.54, 1.807) is 6.08 Å². The van der Waals surface area contributed by atoms with Gasteiger partial charge in [-0.3, -0.25) is 9.59 Å². The van der Waals surface area contributed by atoms with Crippen LogP contribution in [-0.2, 0) is 28.5 Å². The van der Waals surface area contributed by atoms with E-state index in [0.29, 0.717) is 47.6 Å². The molecule has 0 atom stereocenters. The summed E-state index contributed by atoms with van der Waals surface area (Å²) in [4.78, 5) is 29.9. The lowest BCUT2D eigenvalue weighted by molar-refractivity contribution is -0.144. The van der Waals surface area contributed by atoms with Crippen LogP contribution in [0.15, 0.2) is 46.3 Å². The summed E-state index contributed by atoms with van der Waals surface area (Å²) in [7, 11) is 1.30. The third kappa shape index (κ3) is 6.72. The zero-order valence-electron chi connectivity index (χ0n) is 20.8. The molecular formula is C26H22F6N2O5S. The molecule has 0 bridgehead atoms. The monoisotopic (exact) mass is 588 g/mol. The molecule has 0 spiro atoms. The summed E-state index contributed by atoms with van der Waals surface area (Å²) in [6.07, 6.45) is -7.53. The average Bonchev–Trinajstić information content (AvgIpc) is 3.26. The van der Waals surface area contributed by atoms with E-state index < -0.39 is 53.4 Å². The third-order valence-corrected chi connectivity index (χ3v) is 7.38. The number of carboxylic acid groups (broad SMARTS) is 1. The predicted octanol–water partition coefficient (Wildman–Crippen LogP) is 6.08. The van der Waals surface area contributed by atoms with Crippen molar-refractivity contribution >= 4 is 34.9 Å². The summed E-state index contributed by atoms with van der Waals surface area (Å²) >= 11 is 1.14. The highest BCUT2D eigenvalue weighted by atomic mass is 32.2. The second-order valence-corrected chi connectivity index (χ2v) is 9.99. The Kier molecular flexibility index (Phi) is 8.38. The van der Waals surface area contributed by atoms with Gasteiger partial charge in [-0.1, -0.05) is 12.1 Å². The van der Waals surface area contributed by atoms with Gasteiger partial charge in [0.15, 0.2) is 16.7 Å². The number of amidine groups is 1. The fourth-order valence-electron chi connectivity index (χ4n) is 4.19. The Balaban J connectivity index is 1.46. The number of carbonyl (C=O) groups is 2. The van der Waals surface area contributed by atoms with Crippen LogP contribution in [0.1, 0.15) is 35.1 Å². The van der Waals surface area contributed by atoms with E-state index >= 15 is 0 Å². The molecule has 1 amide bonds. The van der Waals surface area contributed by atoms with Gasteiger partial charge in [-0.2, -0.15) is 31.3 Å². The molecular weight excluding hydrogens is 566 g/mol. The predicted molar refractivity (Wildman–Crippen MR) is 134 cm³/mol. The zero-order valence-corrected chi connectivity index (χ0v) is 21.6. The highest BCUT2D eigenvalue weighted by molar-refractivity contribution is 8.18. The van der Waals surface area contributed by atoms with Crippen LogP contribution in [0.5, 0.6) is 11.5 Å². The number of hydrogen-bond donors (Lipinski definition) is 1. The highest BCUT2D eigenvalue weighted by Gasteiger charge is 2.38. The summed E-state index contributed by atoms with van der Waals surface area (Å²) < 4.78 is 89.9. The molecule has 40 heavy (non-hydrogen) atoms. The molecule has 0 saturated carbocycles. The van der Waals surface area contributed by atoms with E-state index in [0.717, 1.165) is 17.8 Å². The minimum atomic E-state index is -5.03. The number of hydrogen-bond acceptors (Lipinski definition) is 6. The molecule has 2 aliphatic rings. The number of thioether (sulfide) groups is 1. The second kappa shape index (κ2) is 11.4. The van der Waals surface area contributed by atoms with Crippen molar-refractivity contribution in [1.82, 2.24) is 4.90 Å². The Labute approximate surface area is 228 Å². The average molecular weight is 589 g/mol. The molecule has 2 aliphatic heterocycles. The van der Waals surface area contributed by atoms with Gasteiger partial charge in [-0.25, -0.2) is 0 Å².